The molecule has 0 fully saturated rings. The zero-order valence-corrected chi connectivity index (χ0v) is 19.6. The SMILES string of the molecule is CC1CCc2cc(F)ccc2N1C(=O)CSc1nc2ccccc2c(=O)n1Cc1ccccc1. The van der Waals surface area contributed by atoms with Crippen molar-refractivity contribution in [2.75, 3.05) is 10.7 Å². The van der Waals surface area contributed by atoms with Crippen LogP contribution in [0.3, 0.4) is 0 Å². The molecule has 5 rings (SSSR count). The lowest BCUT2D eigenvalue weighted by atomic mass is 9.96. The van der Waals surface area contributed by atoms with Crippen LogP contribution in [0.2, 0.25) is 0 Å². The van der Waals surface area contributed by atoms with E-state index in [9.17, 15) is 14.0 Å². The highest BCUT2D eigenvalue weighted by Gasteiger charge is 2.28. The van der Waals surface area contributed by atoms with Gasteiger partial charge < -0.3 is 4.90 Å². The van der Waals surface area contributed by atoms with Crippen LogP contribution in [0.1, 0.15) is 24.5 Å². The average Bonchev–Trinajstić information content (AvgIpc) is 2.85. The van der Waals surface area contributed by atoms with Crippen molar-refractivity contribution in [3.05, 3.63) is 100 Å². The van der Waals surface area contributed by atoms with Crippen molar-refractivity contribution in [2.45, 2.75) is 37.5 Å². The van der Waals surface area contributed by atoms with E-state index in [0.29, 0.717) is 22.6 Å². The Morgan fingerprint density at radius 3 is 2.68 bits per heavy atom. The monoisotopic (exact) mass is 473 g/mol. The molecule has 7 heteroatoms. The summed E-state index contributed by atoms with van der Waals surface area (Å²) in [6.07, 6.45) is 1.52. The van der Waals surface area contributed by atoms with Crippen LogP contribution in [-0.2, 0) is 17.8 Å². The normalized spacial score (nSPS) is 15.4. The smallest absolute Gasteiger partial charge is 0.262 e. The molecule has 1 aromatic heterocycles. The van der Waals surface area contributed by atoms with Gasteiger partial charge in [0.2, 0.25) is 5.91 Å². The number of fused-ring (bicyclic) bond motifs is 2. The van der Waals surface area contributed by atoms with Gasteiger partial charge >= 0.3 is 0 Å². The van der Waals surface area contributed by atoms with Crippen LogP contribution in [0, 0.1) is 5.82 Å². The summed E-state index contributed by atoms with van der Waals surface area (Å²) >= 11 is 1.26. The van der Waals surface area contributed by atoms with E-state index in [1.807, 2.05) is 55.5 Å². The Balaban J connectivity index is 1.46. The topological polar surface area (TPSA) is 55.2 Å². The van der Waals surface area contributed by atoms with Crippen LogP contribution < -0.4 is 10.5 Å². The van der Waals surface area contributed by atoms with E-state index >= 15 is 0 Å². The third-order valence-corrected chi connectivity index (χ3v) is 7.14. The number of hydrogen-bond acceptors (Lipinski definition) is 4. The van der Waals surface area contributed by atoms with Crippen molar-refractivity contribution in [3.63, 3.8) is 0 Å². The maximum Gasteiger partial charge on any atom is 0.262 e. The van der Waals surface area contributed by atoms with E-state index in [2.05, 4.69) is 0 Å². The first kappa shape index (κ1) is 22.3. The van der Waals surface area contributed by atoms with Crippen LogP contribution in [0.25, 0.3) is 10.9 Å². The third-order valence-electron chi connectivity index (χ3n) is 6.18. The summed E-state index contributed by atoms with van der Waals surface area (Å²) in [5, 5.41) is 1.06. The van der Waals surface area contributed by atoms with Gasteiger partial charge in [0.15, 0.2) is 5.16 Å². The van der Waals surface area contributed by atoms with Gasteiger partial charge in [-0.15, -0.1) is 0 Å². The first-order valence-corrected chi connectivity index (χ1v) is 12.3. The average molecular weight is 474 g/mol. The highest BCUT2D eigenvalue weighted by molar-refractivity contribution is 7.99. The molecule has 5 nitrogen and oxygen atoms in total. The lowest BCUT2D eigenvalue weighted by Crippen LogP contribution is -2.43. The van der Waals surface area contributed by atoms with E-state index in [-0.39, 0.29) is 29.1 Å². The Hall–Kier alpha value is -3.45. The summed E-state index contributed by atoms with van der Waals surface area (Å²) in [4.78, 5) is 33.2. The van der Waals surface area contributed by atoms with Crippen molar-refractivity contribution in [2.24, 2.45) is 0 Å². The van der Waals surface area contributed by atoms with Crippen molar-refractivity contribution < 1.29 is 9.18 Å². The number of carbonyl (C=O) groups excluding carboxylic acids is 1. The van der Waals surface area contributed by atoms with Gasteiger partial charge in [-0.1, -0.05) is 54.2 Å². The van der Waals surface area contributed by atoms with Gasteiger partial charge in [-0.25, -0.2) is 9.37 Å². The highest BCUT2D eigenvalue weighted by Crippen LogP contribution is 2.32. The molecular weight excluding hydrogens is 449 g/mol. The van der Waals surface area contributed by atoms with E-state index in [4.69, 9.17) is 4.98 Å². The molecule has 34 heavy (non-hydrogen) atoms. The Kier molecular flexibility index (Phi) is 6.20. The van der Waals surface area contributed by atoms with Crippen LogP contribution in [0.15, 0.2) is 82.7 Å². The summed E-state index contributed by atoms with van der Waals surface area (Å²) in [7, 11) is 0. The second-order valence-electron chi connectivity index (χ2n) is 8.50. The Bertz CT molecular complexity index is 1420. The lowest BCUT2D eigenvalue weighted by Gasteiger charge is -2.35. The fourth-order valence-corrected chi connectivity index (χ4v) is 5.32. The molecule has 2 heterocycles. The van der Waals surface area contributed by atoms with E-state index in [1.165, 1.54) is 23.9 Å². The van der Waals surface area contributed by atoms with Gasteiger partial charge in [-0.3, -0.25) is 14.2 Å². The number of amides is 1. The number of carbonyl (C=O) groups is 1. The number of hydrogen-bond donors (Lipinski definition) is 0. The maximum atomic E-state index is 13.7. The lowest BCUT2D eigenvalue weighted by molar-refractivity contribution is -0.116. The van der Waals surface area contributed by atoms with Gasteiger partial charge in [0.05, 0.1) is 23.2 Å². The second-order valence-corrected chi connectivity index (χ2v) is 9.44. The molecule has 0 aliphatic carbocycles. The number of para-hydroxylation sites is 1. The molecule has 1 aliphatic rings. The van der Waals surface area contributed by atoms with Crippen LogP contribution in [0.5, 0.6) is 0 Å². The molecular formula is C27H24FN3O2S. The minimum atomic E-state index is -0.291. The summed E-state index contributed by atoms with van der Waals surface area (Å²) in [5.74, 6) is -0.250. The van der Waals surface area contributed by atoms with E-state index in [1.54, 1.807) is 21.6 Å². The largest absolute Gasteiger partial charge is 0.309 e. The van der Waals surface area contributed by atoms with Crippen molar-refractivity contribution in [1.82, 2.24) is 9.55 Å². The summed E-state index contributed by atoms with van der Waals surface area (Å²) in [6.45, 7) is 2.38. The second kappa shape index (κ2) is 9.43. The Labute approximate surface area is 201 Å². The quantitative estimate of drug-likeness (QED) is 0.301. The predicted molar refractivity (Wildman–Crippen MR) is 134 cm³/mol. The Morgan fingerprint density at radius 2 is 1.85 bits per heavy atom. The molecule has 172 valence electrons. The van der Waals surface area contributed by atoms with Gasteiger partial charge in [0.1, 0.15) is 5.82 Å². The molecule has 0 saturated heterocycles. The van der Waals surface area contributed by atoms with E-state index in [0.717, 1.165) is 29.7 Å². The molecule has 1 amide bonds. The van der Waals surface area contributed by atoms with Crippen LogP contribution in [0.4, 0.5) is 10.1 Å². The zero-order valence-electron chi connectivity index (χ0n) is 18.8. The van der Waals surface area contributed by atoms with Gasteiger partial charge in [-0.2, -0.15) is 0 Å². The van der Waals surface area contributed by atoms with Crippen molar-refractivity contribution in [3.8, 4) is 0 Å². The Morgan fingerprint density at radius 1 is 1.09 bits per heavy atom. The number of aromatic nitrogens is 2. The maximum absolute atomic E-state index is 13.7. The fourth-order valence-electron chi connectivity index (χ4n) is 4.46. The molecule has 1 aliphatic heterocycles. The van der Waals surface area contributed by atoms with Gasteiger partial charge in [0.25, 0.3) is 5.56 Å². The predicted octanol–water partition coefficient (Wildman–Crippen LogP) is 5.04. The summed E-state index contributed by atoms with van der Waals surface area (Å²) in [5.41, 5.74) is 3.08. The minimum Gasteiger partial charge on any atom is -0.309 e. The summed E-state index contributed by atoms with van der Waals surface area (Å²) < 4.78 is 15.4. The highest BCUT2D eigenvalue weighted by atomic mass is 32.2. The molecule has 0 N–H and O–H groups in total. The zero-order chi connectivity index (χ0) is 23.7. The first-order chi connectivity index (χ1) is 16.5. The van der Waals surface area contributed by atoms with Crippen LogP contribution >= 0.6 is 11.8 Å². The molecule has 1 unspecified atom stereocenters. The molecule has 0 bridgehead atoms. The number of nitrogens with zero attached hydrogens (tertiary/aromatic N) is 3. The minimum absolute atomic E-state index is 0.0159. The number of aryl methyl sites for hydroxylation is 1. The summed E-state index contributed by atoms with van der Waals surface area (Å²) in [6, 6.07) is 21.6. The van der Waals surface area contributed by atoms with Crippen molar-refractivity contribution in [1.29, 1.82) is 0 Å². The first-order valence-electron chi connectivity index (χ1n) is 11.3. The van der Waals surface area contributed by atoms with Crippen LogP contribution in [-0.4, -0.2) is 27.3 Å². The number of anilines is 1. The standard InChI is InChI=1S/C27H24FN3O2S/c1-18-11-12-20-15-21(28)13-14-24(20)31(18)25(32)17-34-27-29-23-10-6-5-9-22(23)26(33)30(27)16-19-7-3-2-4-8-19/h2-10,13-15,18H,11-12,16-17H2,1H3. The third kappa shape index (κ3) is 4.35. The fraction of sp³-hybridized carbons (Fsp3) is 0.222. The van der Waals surface area contributed by atoms with Gasteiger partial charge in [0, 0.05) is 11.7 Å². The van der Waals surface area contributed by atoms with Crippen molar-refractivity contribution >= 4 is 34.3 Å². The number of benzene rings is 3. The molecule has 0 saturated carbocycles. The molecule has 4 aromatic rings. The number of rotatable bonds is 5. The van der Waals surface area contributed by atoms with E-state index < -0.39 is 0 Å². The number of halogens is 1. The molecule has 0 radical (unpaired) electrons. The molecule has 3 aromatic carbocycles. The number of thioether (sulfide) groups is 1. The van der Waals surface area contributed by atoms with Gasteiger partial charge in [-0.05, 0) is 61.2 Å². The molecule has 1 atom stereocenters. The molecule has 0 spiro atoms.